The highest BCUT2D eigenvalue weighted by atomic mass is 16.1. The number of nitrogens with one attached hydrogen (secondary N) is 1. The Morgan fingerprint density at radius 2 is 1.96 bits per heavy atom. The number of aryl methyl sites for hydroxylation is 1. The van der Waals surface area contributed by atoms with Crippen molar-refractivity contribution in [3.8, 4) is 5.69 Å². The Bertz CT molecular complexity index is 1050. The normalized spacial score (nSPS) is 11.0. The Balaban J connectivity index is 1.49. The second kappa shape index (κ2) is 6.84. The molecule has 1 amide bonds. The Morgan fingerprint density at radius 3 is 2.81 bits per heavy atom. The van der Waals surface area contributed by atoms with Crippen molar-refractivity contribution in [3.63, 3.8) is 0 Å². The largest absolute Gasteiger partial charge is 0.352 e. The molecule has 0 aliphatic heterocycles. The summed E-state index contributed by atoms with van der Waals surface area (Å²) in [6.45, 7) is 2.40. The van der Waals surface area contributed by atoms with Gasteiger partial charge in [-0.1, -0.05) is 24.3 Å². The number of fused-ring (bicyclic) bond motifs is 1. The second-order valence-corrected chi connectivity index (χ2v) is 6.12. The molecular formula is C20H19N5O. The third kappa shape index (κ3) is 3.09. The first kappa shape index (κ1) is 16.1. The van der Waals surface area contributed by atoms with E-state index < -0.39 is 0 Å². The number of aromatic nitrogens is 4. The SMILES string of the molecule is Cc1nc2ccccn2c1CC(=O)NCc1ccccc1-n1ccnc1. The zero-order chi connectivity index (χ0) is 17.9. The Kier molecular flexibility index (Phi) is 4.23. The highest BCUT2D eigenvalue weighted by Gasteiger charge is 2.13. The zero-order valence-electron chi connectivity index (χ0n) is 14.5. The number of para-hydroxylation sites is 1. The number of benzene rings is 1. The minimum Gasteiger partial charge on any atom is -0.352 e. The maximum atomic E-state index is 12.5. The fourth-order valence-electron chi connectivity index (χ4n) is 3.10. The number of hydrogen-bond acceptors (Lipinski definition) is 3. The number of hydrogen-bond donors (Lipinski definition) is 1. The molecule has 6 nitrogen and oxygen atoms in total. The Hall–Kier alpha value is -3.41. The van der Waals surface area contributed by atoms with Gasteiger partial charge in [0.05, 0.1) is 29.8 Å². The fourth-order valence-corrected chi connectivity index (χ4v) is 3.10. The third-order valence-corrected chi connectivity index (χ3v) is 4.41. The summed E-state index contributed by atoms with van der Waals surface area (Å²) in [7, 11) is 0. The average molecular weight is 345 g/mol. The van der Waals surface area contributed by atoms with Crippen LogP contribution in [-0.2, 0) is 17.8 Å². The molecule has 3 heterocycles. The van der Waals surface area contributed by atoms with Crippen LogP contribution in [0, 0.1) is 6.92 Å². The van der Waals surface area contributed by atoms with Gasteiger partial charge in [-0.3, -0.25) is 4.79 Å². The van der Waals surface area contributed by atoms with E-state index in [1.165, 1.54) is 0 Å². The van der Waals surface area contributed by atoms with Gasteiger partial charge in [0, 0.05) is 25.1 Å². The van der Waals surface area contributed by atoms with Crippen LogP contribution in [0.25, 0.3) is 11.3 Å². The van der Waals surface area contributed by atoms with E-state index in [1.54, 1.807) is 12.5 Å². The first-order valence-electron chi connectivity index (χ1n) is 8.48. The van der Waals surface area contributed by atoms with Crippen molar-refractivity contribution < 1.29 is 4.79 Å². The number of carbonyl (C=O) groups is 1. The minimum absolute atomic E-state index is 0.0285. The van der Waals surface area contributed by atoms with Crippen LogP contribution in [0.3, 0.4) is 0 Å². The van der Waals surface area contributed by atoms with Crippen LogP contribution in [-0.4, -0.2) is 24.8 Å². The number of carbonyl (C=O) groups excluding carboxylic acids is 1. The predicted molar refractivity (Wildman–Crippen MR) is 99.0 cm³/mol. The average Bonchev–Trinajstić information content (AvgIpc) is 3.29. The van der Waals surface area contributed by atoms with E-state index in [4.69, 9.17) is 0 Å². The van der Waals surface area contributed by atoms with E-state index in [9.17, 15) is 4.79 Å². The molecule has 0 atom stereocenters. The van der Waals surface area contributed by atoms with Gasteiger partial charge in [-0.05, 0) is 30.7 Å². The van der Waals surface area contributed by atoms with Gasteiger partial charge in [0.2, 0.25) is 5.91 Å². The van der Waals surface area contributed by atoms with Gasteiger partial charge in [-0.2, -0.15) is 0 Å². The molecule has 6 heteroatoms. The van der Waals surface area contributed by atoms with Gasteiger partial charge < -0.3 is 14.3 Å². The number of pyridine rings is 1. The van der Waals surface area contributed by atoms with E-state index in [-0.39, 0.29) is 5.91 Å². The van der Waals surface area contributed by atoms with Crippen LogP contribution in [0.5, 0.6) is 0 Å². The first-order chi connectivity index (χ1) is 12.7. The second-order valence-electron chi connectivity index (χ2n) is 6.12. The van der Waals surface area contributed by atoms with E-state index in [0.29, 0.717) is 13.0 Å². The smallest absolute Gasteiger partial charge is 0.226 e. The van der Waals surface area contributed by atoms with E-state index in [0.717, 1.165) is 28.3 Å². The molecule has 0 saturated heterocycles. The topological polar surface area (TPSA) is 64.2 Å². The molecule has 130 valence electrons. The van der Waals surface area contributed by atoms with Gasteiger partial charge in [-0.25, -0.2) is 9.97 Å². The van der Waals surface area contributed by atoms with Gasteiger partial charge in [-0.15, -0.1) is 0 Å². The van der Waals surface area contributed by atoms with Crippen molar-refractivity contribution in [1.29, 1.82) is 0 Å². The lowest BCUT2D eigenvalue weighted by Crippen LogP contribution is -2.26. The molecule has 0 spiro atoms. The molecule has 26 heavy (non-hydrogen) atoms. The molecule has 0 aliphatic carbocycles. The van der Waals surface area contributed by atoms with Crippen LogP contribution >= 0.6 is 0 Å². The van der Waals surface area contributed by atoms with Crippen molar-refractivity contribution in [2.24, 2.45) is 0 Å². The van der Waals surface area contributed by atoms with E-state index in [1.807, 2.05) is 70.7 Å². The molecular weight excluding hydrogens is 326 g/mol. The van der Waals surface area contributed by atoms with Crippen molar-refractivity contribution >= 4 is 11.6 Å². The summed E-state index contributed by atoms with van der Waals surface area (Å²) in [6, 6.07) is 13.8. The molecule has 0 radical (unpaired) electrons. The fraction of sp³-hybridized carbons (Fsp3) is 0.150. The zero-order valence-corrected chi connectivity index (χ0v) is 14.5. The summed E-state index contributed by atoms with van der Waals surface area (Å²) in [6.07, 6.45) is 7.62. The Labute approximate surface area is 151 Å². The van der Waals surface area contributed by atoms with Gasteiger partial charge in [0.15, 0.2) is 0 Å². The van der Waals surface area contributed by atoms with Crippen LogP contribution in [0.4, 0.5) is 0 Å². The lowest BCUT2D eigenvalue weighted by Gasteiger charge is -2.11. The lowest BCUT2D eigenvalue weighted by molar-refractivity contribution is -0.120. The molecule has 0 saturated carbocycles. The molecule has 0 aliphatic rings. The molecule has 0 unspecified atom stereocenters. The van der Waals surface area contributed by atoms with E-state index in [2.05, 4.69) is 15.3 Å². The highest BCUT2D eigenvalue weighted by molar-refractivity contribution is 5.78. The summed E-state index contributed by atoms with van der Waals surface area (Å²) < 4.78 is 3.91. The van der Waals surface area contributed by atoms with Crippen molar-refractivity contribution in [1.82, 2.24) is 24.3 Å². The number of imidazole rings is 2. The van der Waals surface area contributed by atoms with Crippen molar-refractivity contribution in [3.05, 3.63) is 84.3 Å². The predicted octanol–water partition coefficient (Wildman–Crippen LogP) is 2.69. The number of nitrogens with zero attached hydrogens (tertiary/aromatic N) is 4. The van der Waals surface area contributed by atoms with Gasteiger partial charge in [0.25, 0.3) is 0 Å². The summed E-state index contributed by atoms with van der Waals surface area (Å²) in [4.78, 5) is 21.1. The van der Waals surface area contributed by atoms with Crippen LogP contribution in [0.2, 0.25) is 0 Å². The minimum atomic E-state index is -0.0285. The molecule has 3 aromatic heterocycles. The first-order valence-corrected chi connectivity index (χ1v) is 8.48. The summed E-state index contributed by atoms with van der Waals surface area (Å²) in [5.74, 6) is -0.0285. The highest BCUT2D eigenvalue weighted by Crippen LogP contribution is 2.15. The molecule has 4 aromatic rings. The number of amides is 1. The van der Waals surface area contributed by atoms with Gasteiger partial charge >= 0.3 is 0 Å². The number of rotatable bonds is 5. The molecule has 1 N–H and O–H groups in total. The van der Waals surface area contributed by atoms with Crippen molar-refractivity contribution in [2.45, 2.75) is 19.9 Å². The molecule has 0 bridgehead atoms. The quantitative estimate of drug-likeness (QED) is 0.605. The molecule has 1 aromatic carbocycles. The van der Waals surface area contributed by atoms with E-state index >= 15 is 0 Å². The standard InChI is InChI=1S/C20H19N5O/c1-15-18(25-10-5-4-8-19(25)23-15)12-20(26)22-13-16-6-2-3-7-17(16)24-11-9-21-14-24/h2-11,14H,12-13H2,1H3,(H,22,26). The summed E-state index contributed by atoms with van der Waals surface area (Å²) in [5.41, 5.74) is 4.70. The van der Waals surface area contributed by atoms with Crippen LogP contribution in [0.15, 0.2) is 67.4 Å². The lowest BCUT2D eigenvalue weighted by atomic mass is 10.1. The monoisotopic (exact) mass is 345 g/mol. The summed E-state index contributed by atoms with van der Waals surface area (Å²) in [5, 5.41) is 3.02. The molecule has 4 rings (SSSR count). The third-order valence-electron chi connectivity index (χ3n) is 4.41. The maximum Gasteiger partial charge on any atom is 0.226 e. The maximum absolute atomic E-state index is 12.5. The van der Waals surface area contributed by atoms with Crippen LogP contribution in [0.1, 0.15) is 17.0 Å². The van der Waals surface area contributed by atoms with Crippen molar-refractivity contribution in [2.75, 3.05) is 0 Å². The Morgan fingerprint density at radius 1 is 1.12 bits per heavy atom. The molecule has 0 fully saturated rings. The van der Waals surface area contributed by atoms with Gasteiger partial charge in [0.1, 0.15) is 5.65 Å². The van der Waals surface area contributed by atoms with Crippen LogP contribution < -0.4 is 5.32 Å². The summed E-state index contributed by atoms with van der Waals surface area (Å²) >= 11 is 0.